The van der Waals surface area contributed by atoms with Gasteiger partial charge in [0.1, 0.15) is 17.3 Å². The summed E-state index contributed by atoms with van der Waals surface area (Å²) in [5.74, 6) is 2.83. The fraction of sp³-hybridized carbons (Fsp3) is 0.373. The molecule has 0 spiro atoms. The minimum atomic E-state index is -0.187. The summed E-state index contributed by atoms with van der Waals surface area (Å²) < 4.78 is 11.3. The van der Waals surface area contributed by atoms with Crippen molar-refractivity contribution in [1.29, 1.82) is 0 Å². The summed E-state index contributed by atoms with van der Waals surface area (Å²) in [4.78, 5) is 4.95. The lowest BCUT2D eigenvalue weighted by Gasteiger charge is -2.27. The van der Waals surface area contributed by atoms with Gasteiger partial charge in [-0.2, -0.15) is 5.10 Å². The Hall–Kier alpha value is -5.16. The molecule has 3 heterocycles. The van der Waals surface area contributed by atoms with Crippen molar-refractivity contribution in [1.82, 2.24) is 19.3 Å². The molecule has 0 bridgehead atoms. The molecule has 4 aromatic carbocycles. The first-order chi connectivity index (χ1) is 26.1. The lowest BCUT2D eigenvalue weighted by atomic mass is 9.77. The topological polar surface area (TPSA) is 44.9 Å². The Morgan fingerprint density at radius 3 is 1.98 bits per heavy atom. The van der Waals surface area contributed by atoms with Crippen LogP contribution in [0.25, 0.3) is 44.4 Å². The highest BCUT2D eigenvalue weighted by Gasteiger charge is 2.33. The van der Waals surface area contributed by atoms with Gasteiger partial charge >= 0.3 is 0 Å². The van der Waals surface area contributed by atoms with Crippen LogP contribution in [0.4, 0.5) is 0 Å². The SMILES string of the molecule is Cc1cc(Oc2ccc3c4cc(C(C)C(C)(C)C)ccc4n(-c4cc(C(C)(C)C)ccn4)c3c2)cc(-n2nc(C(C)(C)C)c(-c3ccccc3)c2C(C)(C)C)c1. The Bertz CT molecular complexity index is 2560. The van der Waals surface area contributed by atoms with Gasteiger partial charge in [0, 0.05) is 45.5 Å². The number of pyridine rings is 1. The maximum absolute atomic E-state index is 6.84. The van der Waals surface area contributed by atoms with Crippen LogP contribution < -0.4 is 4.74 Å². The summed E-state index contributed by atoms with van der Waals surface area (Å²) in [5.41, 5.74) is 11.3. The summed E-state index contributed by atoms with van der Waals surface area (Å²) in [7, 11) is 0. The number of ether oxygens (including phenoxy) is 1. The molecule has 0 saturated heterocycles. The Balaban J connectivity index is 1.39. The number of hydrogen-bond donors (Lipinski definition) is 0. The largest absolute Gasteiger partial charge is 0.457 e. The highest BCUT2D eigenvalue weighted by Crippen LogP contribution is 2.43. The fourth-order valence-corrected chi connectivity index (χ4v) is 7.85. The van der Waals surface area contributed by atoms with Gasteiger partial charge in [-0.05, 0) is 94.5 Å². The Labute approximate surface area is 334 Å². The molecule has 0 radical (unpaired) electrons. The van der Waals surface area contributed by atoms with E-state index in [1.807, 2.05) is 6.20 Å². The van der Waals surface area contributed by atoms with Crippen molar-refractivity contribution in [2.75, 3.05) is 0 Å². The number of benzene rings is 4. The van der Waals surface area contributed by atoms with E-state index >= 15 is 0 Å². The zero-order valence-electron chi connectivity index (χ0n) is 36.1. The van der Waals surface area contributed by atoms with Gasteiger partial charge in [0.2, 0.25) is 0 Å². The first-order valence-corrected chi connectivity index (χ1v) is 20.2. The number of aromatic nitrogens is 4. The molecule has 5 heteroatoms. The number of fused-ring (bicyclic) bond motifs is 3. The van der Waals surface area contributed by atoms with Crippen molar-refractivity contribution in [2.45, 2.75) is 119 Å². The van der Waals surface area contributed by atoms with Crippen LogP contribution in [0.2, 0.25) is 0 Å². The second-order valence-corrected chi connectivity index (χ2v) is 20.0. The van der Waals surface area contributed by atoms with Crippen molar-refractivity contribution in [2.24, 2.45) is 5.41 Å². The van der Waals surface area contributed by atoms with Gasteiger partial charge in [-0.15, -0.1) is 0 Å². The van der Waals surface area contributed by atoms with E-state index in [1.54, 1.807) is 0 Å². The third-order valence-electron chi connectivity index (χ3n) is 11.3. The smallest absolute Gasteiger partial charge is 0.137 e. The van der Waals surface area contributed by atoms with E-state index in [1.165, 1.54) is 38.7 Å². The Kier molecular flexibility index (Phi) is 9.63. The van der Waals surface area contributed by atoms with Crippen molar-refractivity contribution in [3.63, 3.8) is 0 Å². The first kappa shape index (κ1) is 39.1. The molecule has 56 heavy (non-hydrogen) atoms. The van der Waals surface area contributed by atoms with Gasteiger partial charge in [0.15, 0.2) is 0 Å². The molecular formula is C51H60N4O. The second-order valence-electron chi connectivity index (χ2n) is 20.0. The molecule has 1 unspecified atom stereocenters. The maximum Gasteiger partial charge on any atom is 0.137 e. The summed E-state index contributed by atoms with van der Waals surface area (Å²) in [6.45, 7) is 31.7. The molecule has 0 fully saturated rings. The van der Waals surface area contributed by atoms with Gasteiger partial charge in [-0.3, -0.25) is 4.57 Å². The molecule has 0 amide bonds. The molecule has 0 saturated carbocycles. The first-order valence-electron chi connectivity index (χ1n) is 20.2. The van der Waals surface area contributed by atoms with Crippen LogP contribution in [0.3, 0.4) is 0 Å². The van der Waals surface area contributed by atoms with Crippen molar-refractivity contribution < 1.29 is 4.74 Å². The summed E-state index contributed by atoms with van der Waals surface area (Å²) in [6, 6.07) is 35.0. The van der Waals surface area contributed by atoms with Crippen LogP contribution >= 0.6 is 0 Å². The molecule has 5 nitrogen and oxygen atoms in total. The zero-order chi connectivity index (χ0) is 40.5. The molecule has 3 aromatic heterocycles. The quantitative estimate of drug-likeness (QED) is 0.170. The van der Waals surface area contributed by atoms with Crippen LogP contribution in [-0.2, 0) is 16.2 Å². The molecule has 290 valence electrons. The predicted octanol–water partition coefficient (Wildman–Crippen LogP) is 14.2. The average Bonchev–Trinajstić information content (AvgIpc) is 3.68. The predicted molar refractivity (Wildman–Crippen MR) is 236 cm³/mol. The van der Waals surface area contributed by atoms with Crippen molar-refractivity contribution in [3.8, 4) is 34.1 Å². The maximum atomic E-state index is 6.84. The molecule has 0 N–H and O–H groups in total. The average molecular weight is 745 g/mol. The normalized spacial score (nSPS) is 13.5. The van der Waals surface area contributed by atoms with E-state index in [4.69, 9.17) is 14.8 Å². The third-order valence-corrected chi connectivity index (χ3v) is 11.3. The number of hydrogen-bond acceptors (Lipinski definition) is 3. The molecule has 0 aliphatic rings. The molecule has 1 atom stereocenters. The molecule has 7 aromatic rings. The van der Waals surface area contributed by atoms with Crippen LogP contribution in [0.5, 0.6) is 11.5 Å². The van der Waals surface area contributed by atoms with E-state index in [0.29, 0.717) is 5.92 Å². The minimum absolute atomic E-state index is 0.0140. The molecular weight excluding hydrogens is 685 g/mol. The van der Waals surface area contributed by atoms with Crippen LogP contribution in [0.1, 0.15) is 124 Å². The highest BCUT2D eigenvalue weighted by molar-refractivity contribution is 6.09. The van der Waals surface area contributed by atoms with E-state index in [2.05, 4.69) is 203 Å². The van der Waals surface area contributed by atoms with Gasteiger partial charge in [-0.25, -0.2) is 9.67 Å². The summed E-state index contributed by atoms with van der Waals surface area (Å²) in [6.07, 6.45) is 1.94. The monoisotopic (exact) mass is 744 g/mol. The summed E-state index contributed by atoms with van der Waals surface area (Å²) >= 11 is 0. The van der Waals surface area contributed by atoms with Gasteiger partial charge in [0.25, 0.3) is 0 Å². The second kappa shape index (κ2) is 13.8. The van der Waals surface area contributed by atoms with Gasteiger partial charge in [-0.1, -0.05) is 126 Å². The Morgan fingerprint density at radius 1 is 0.625 bits per heavy atom. The van der Waals surface area contributed by atoms with E-state index in [0.717, 1.165) is 45.3 Å². The van der Waals surface area contributed by atoms with E-state index < -0.39 is 0 Å². The lowest BCUT2D eigenvalue weighted by Crippen LogP contribution is -2.18. The highest BCUT2D eigenvalue weighted by atomic mass is 16.5. The third kappa shape index (κ3) is 7.41. The fourth-order valence-electron chi connectivity index (χ4n) is 7.85. The van der Waals surface area contributed by atoms with Crippen LogP contribution in [0.15, 0.2) is 103 Å². The Morgan fingerprint density at radius 2 is 1.34 bits per heavy atom. The molecule has 0 aliphatic carbocycles. The van der Waals surface area contributed by atoms with Gasteiger partial charge < -0.3 is 4.74 Å². The summed E-state index contributed by atoms with van der Waals surface area (Å²) in [5, 5.41) is 7.80. The number of nitrogens with zero attached hydrogens (tertiary/aromatic N) is 4. The number of rotatable bonds is 6. The molecule has 7 rings (SSSR count). The molecule has 0 aliphatic heterocycles. The van der Waals surface area contributed by atoms with Crippen LogP contribution in [0, 0.1) is 12.3 Å². The van der Waals surface area contributed by atoms with E-state index in [-0.39, 0.29) is 21.7 Å². The minimum Gasteiger partial charge on any atom is -0.457 e. The van der Waals surface area contributed by atoms with Crippen LogP contribution in [-0.4, -0.2) is 19.3 Å². The zero-order valence-corrected chi connectivity index (χ0v) is 36.1. The number of aryl methyl sites for hydroxylation is 1. The van der Waals surface area contributed by atoms with Crippen molar-refractivity contribution in [3.05, 3.63) is 131 Å². The standard InChI is InChI=1S/C51H60N4O/c1-32-26-37(55-47(51(12,13)14)45(34-18-16-15-17-19-34)46(53-55)50(9,10)11)30-39(27-32)56-38-21-22-40-41-28-35(33(2)48(3,4)5)20-23-42(41)54(43(40)31-38)44-29-36(24-25-52-44)49(6,7)8/h15-31,33H,1-14H3. The van der Waals surface area contributed by atoms with Gasteiger partial charge in [0.05, 0.1) is 28.1 Å². The lowest BCUT2D eigenvalue weighted by molar-refractivity contribution is 0.340. The van der Waals surface area contributed by atoms with Crippen molar-refractivity contribution >= 4 is 21.8 Å². The van der Waals surface area contributed by atoms with E-state index in [9.17, 15) is 0 Å².